The van der Waals surface area contributed by atoms with E-state index in [2.05, 4.69) is 21.1 Å². The van der Waals surface area contributed by atoms with Crippen LogP contribution in [0.25, 0.3) is 0 Å². The molecule has 0 saturated carbocycles. The van der Waals surface area contributed by atoms with Gasteiger partial charge in [0.15, 0.2) is 23.0 Å². The molecule has 4 N–H and O–H groups in total. The molecule has 158 valence electrons. The molecule has 0 heterocycles. The predicted molar refractivity (Wildman–Crippen MR) is 110 cm³/mol. The van der Waals surface area contributed by atoms with Crippen molar-refractivity contribution in [2.24, 2.45) is 10.2 Å². The molecule has 2 amide bonds. The number of para-hydroxylation sites is 2. The Kier molecular flexibility index (Phi) is 8.18. The number of hydrogen-bond acceptors (Lipinski definition) is 8. The van der Waals surface area contributed by atoms with Crippen LogP contribution in [0.1, 0.15) is 24.0 Å². The zero-order valence-electron chi connectivity index (χ0n) is 16.5. The molecule has 0 aliphatic heterocycles. The number of amides is 2. The van der Waals surface area contributed by atoms with Gasteiger partial charge in [-0.05, 0) is 24.3 Å². The number of carbonyl (C=O) groups excluding carboxylic acids is 2. The van der Waals surface area contributed by atoms with E-state index in [0.29, 0.717) is 11.1 Å². The molecule has 0 saturated heterocycles. The zero-order valence-corrected chi connectivity index (χ0v) is 16.5. The normalized spacial score (nSPS) is 10.9. The van der Waals surface area contributed by atoms with Crippen molar-refractivity contribution in [2.45, 2.75) is 12.8 Å². The van der Waals surface area contributed by atoms with Crippen molar-refractivity contribution in [3.8, 4) is 23.0 Å². The van der Waals surface area contributed by atoms with E-state index in [9.17, 15) is 19.8 Å². The van der Waals surface area contributed by atoms with Crippen LogP contribution < -0.4 is 20.3 Å². The molecule has 2 aromatic carbocycles. The largest absolute Gasteiger partial charge is 0.504 e. The van der Waals surface area contributed by atoms with Gasteiger partial charge in [0.25, 0.3) is 0 Å². The molecule has 0 aromatic heterocycles. The number of carbonyl (C=O) groups is 2. The van der Waals surface area contributed by atoms with Crippen LogP contribution in [0.4, 0.5) is 0 Å². The molecule has 0 spiro atoms. The first-order chi connectivity index (χ1) is 14.5. The fourth-order valence-electron chi connectivity index (χ4n) is 2.30. The number of phenols is 2. The summed E-state index contributed by atoms with van der Waals surface area (Å²) in [4.78, 5) is 23.6. The summed E-state index contributed by atoms with van der Waals surface area (Å²) in [5, 5.41) is 27.3. The van der Waals surface area contributed by atoms with Gasteiger partial charge in [-0.3, -0.25) is 9.59 Å². The van der Waals surface area contributed by atoms with Crippen LogP contribution in [0.3, 0.4) is 0 Å². The third kappa shape index (κ3) is 6.23. The van der Waals surface area contributed by atoms with Gasteiger partial charge in [-0.2, -0.15) is 10.2 Å². The Morgan fingerprint density at radius 3 is 1.60 bits per heavy atom. The van der Waals surface area contributed by atoms with Crippen molar-refractivity contribution in [3.63, 3.8) is 0 Å². The molecule has 10 nitrogen and oxygen atoms in total. The van der Waals surface area contributed by atoms with Crippen molar-refractivity contribution in [1.29, 1.82) is 0 Å². The summed E-state index contributed by atoms with van der Waals surface area (Å²) >= 11 is 0. The van der Waals surface area contributed by atoms with Gasteiger partial charge in [0, 0.05) is 24.0 Å². The highest BCUT2D eigenvalue weighted by molar-refractivity contribution is 5.88. The molecular weight excluding hydrogens is 392 g/mol. The van der Waals surface area contributed by atoms with Crippen molar-refractivity contribution in [1.82, 2.24) is 10.9 Å². The summed E-state index contributed by atoms with van der Waals surface area (Å²) < 4.78 is 9.96. The predicted octanol–water partition coefficient (Wildman–Crippen LogP) is 1.50. The van der Waals surface area contributed by atoms with E-state index in [0.717, 1.165) is 0 Å². The molecule has 10 heteroatoms. The molecule has 0 bridgehead atoms. The summed E-state index contributed by atoms with van der Waals surface area (Å²) in [6.45, 7) is 0. The number of hydrogen-bond donors (Lipinski definition) is 4. The van der Waals surface area contributed by atoms with Gasteiger partial charge < -0.3 is 19.7 Å². The van der Waals surface area contributed by atoms with E-state index in [-0.39, 0.29) is 35.8 Å². The quantitative estimate of drug-likeness (QED) is 0.362. The summed E-state index contributed by atoms with van der Waals surface area (Å²) in [6.07, 6.45) is 2.29. The van der Waals surface area contributed by atoms with Crippen LogP contribution in [0.2, 0.25) is 0 Å². The second-order valence-corrected chi connectivity index (χ2v) is 5.88. The van der Waals surface area contributed by atoms with Crippen molar-refractivity contribution in [2.75, 3.05) is 14.2 Å². The first kappa shape index (κ1) is 22.2. The minimum Gasteiger partial charge on any atom is -0.504 e. The van der Waals surface area contributed by atoms with Crippen molar-refractivity contribution < 1.29 is 29.3 Å². The Morgan fingerprint density at radius 2 is 1.23 bits per heavy atom. The van der Waals surface area contributed by atoms with Crippen LogP contribution in [-0.2, 0) is 9.59 Å². The number of nitrogens with zero attached hydrogens (tertiary/aromatic N) is 2. The Morgan fingerprint density at radius 1 is 0.833 bits per heavy atom. The van der Waals surface area contributed by atoms with Crippen LogP contribution in [0.15, 0.2) is 46.6 Å². The summed E-state index contributed by atoms with van der Waals surface area (Å²) in [7, 11) is 2.85. The molecule has 0 aliphatic rings. The molecule has 0 aliphatic carbocycles. The highest BCUT2D eigenvalue weighted by Gasteiger charge is 2.08. The van der Waals surface area contributed by atoms with Gasteiger partial charge >= 0.3 is 0 Å². The van der Waals surface area contributed by atoms with Crippen LogP contribution in [0.5, 0.6) is 23.0 Å². The number of nitrogens with one attached hydrogen (secondary N) is 2. The summed E-state index contributed by atoms with van der Waals surface area (Å²) in [5.41, 5.74) is 5.26. The molecule has 2 rings (SSSR count). The lowest BCUT2D eigenvalue weighted by Crippen LogP contribution is -2.22. The van der Waals surface area contributed by atoms with Crippen molar-refractivity contribution in [3.05, 3.63) is 47.5 Å². The van der Waals surface area contributed by atoms with E-state index in [4.69, 9.17) is 9.47 Å². The number of methoxy groups -OCH3 is 2. The molecular formula is C20H22N4O6. The lowest BCUT2D eigenvalue weighted by atomic mass is 10.2. The smallest absolute Gasteiger partial charge is 0.240 e. The Balaban J connectivity index is 1.78. The third-order valence-corrected chi connectivity index (χ3v) is 3.87. The SMILES string of the molecule is COc1cccc(/C=N/NC(=O)CCC(=O)N/N=C/c2cccc(OC)c2O)c1O. The number of ether oxygens (including phenoxy) is 2. The molecule has 0 unspecified atom stereocenters. The standard InChI is InChI=1S/C20H22N4O6/c1-29-15-7-3-5-13(19(15)27)11-21-23-17(25)9-10-18(26)24-22-12-14-6-4-8-16(30-2)20(14)28/h3-8,11-12,27-28H,9-10H2,1-2H3,(H,23,25)(H,24,26)/b21-11+,22-12+. The first-order valence-electron chi connectivity index (χ1n) is 8.82. The molecule has 0 atom stereocenters. The van der Waals surface area contributed by atoms with Crippen LogP contribution >= 0.6 is 0 Å². The lowest BCUT2D eigenvalue weighted by Gasteiger charge is -2.05. The molecule has 30 heavy (non-hydrogen) atoms. The Labute approximate surface area is 172 Å². The molecule has 0 radical (unpaired) electrons. The van der Waals surface area contributed by atoms with E-state index in [1.165, 1.54) is 26.6 Å². The zero-order chi connectivity index (χ0) is 21.9. The van der Waals surface area contributed by atoms with Gasteiger partial charge in [-0.25, -0.2) is 10.9 Å². The highest BCUT2D eigenvalue weighted by Crippen LogP contribution is 2.28. The topological polar surface area (TPSA) is 142 Å². The van der Waals surface area contributed by atoms with Crippen LogP contribution in [-0.4, -0.2) is 48.7 Å². The fourth-order valence-corrected chi connectivity index (χ4v) is 2.30. The maximum Gasteiger partial charge on any atom is 0.240 e. The van der Waals surface area contributed by atoms with E-state index >= 15 is 0 Å². The average Bonchev–Trinajstić information content (AvgIpc) is 2.74. The first-order valence-corrected chi connectivity index (χ1v) is 8.82. The highest BCUT2D eigenvalue weighted by atomic mass is 16.5. The number of rotatable bonds is 9. The Hall–Kier alpha value is -4.08. The average molecular weight is 414 g/mol. The van der Waals surface area contributed by atoms with Gasteiger partial charge in [0.2, 0.25) is 11.8 Å². The van der Waals surface area contributed by atoms with Gasteiger partial charge in [-0.15, -0.1) is 0 Å². The number of benzene rings is 2. The summed E-state index contributed by atoms with van der Waals surface area (Å²) in [5.74, 6) is -0.611. The second-order valence-electron chi connectivity index (χ2n) is 5.88. The maximum absolute atomic E-state index is 11.8. The number of aromatic hydroxyl groups is 2. The van der Waals surface area contributed by atoms with Gasteiger partial charge in [0.1, 0.15) is 0 Å². The fraction of sp³-hybridized carbons (Fsp3) is 0.200. The maximum atomic E-state index is 11.8. The van der Waals surface area contributed by atoms with Gasteiger partial charge in [-0.1, -0.05) is 12.1 Å². The molecule has 2 aromatic rings. The lowest BCUT2D eigenvalue weighted by molar-refractivity contribution is -0.126. The number of phenolic OH excluding ortho intramolecular Hbond substituents is 2. The van der Waals surface area contributed by atoms with Crippen LogP contribution in [0, 0.1) is 0 Å². The van der Waals surface area contributed by atoms with E-state index in [1.54, 1.807) is 36.4 Å². The molecule has 0 fully saturated rings. The second kappa shape index (κ2) is 11.1. The number of hydrazone groups is 2. The van der Waals surface area contributed by atoms with Crippen molar-refractivity contribution >= 4 is 24.2 Å². The summed E-state index contributed by atoms with van der Waals surface area (Å²) in [6, 6.07) is 9.69. The van der Waals surface area contributed by atoms with E-state index in [1.807, 2.05) is 0 Å². The minimum absolute atomic E-state index is 0.0997. The van der Waals surface area contributed by atoms with Gasteiger partial charge in [0.05, 0.1) is 26.6 Å². The van der Waals surface area contributed by atoms with E-state index < -0.39 is 11.8 Å². The third-order valence-electron chi connectivity index (χ3n) is 3.87. The minimum atomic E-state index is -0.488. The monoisotopic (exact) mass is 414 g/mol. The Bertz CT molecular complexity index is 881.